The van der Waals surface area contributed by atoms with E-state index in [4.69, 9.17) is 10.8 Å². The van der Waals surface area contributed by atoms with E-state index in [1.165, 1.54) is 6.07 Å². The highest BCUT2D eigenvalue weighted by atomic mass is 16.4. The van der Waals surface area contributed by atoms with Crippen molar-refractivity contribution in [2.75, 3.05) is 31.1 Å². The van der Waals surface area contributed by atoms with Crippen molar-refractivity contribution < 1.29 is 14.7 Å². The van der Waals surface area contributed by atoms with E-state index in [9.17, 15) is 9.59 Å². The maximum atomic E-state index is 11.5. The molecule has 0 aromatic heterocycles. The summed E-state index contributed by atoms with van der Waals surface area (Å²) in [6.07, 6.45) is 0. The van der Waals surface area contributed by atoms with Gasteiger partial charge in [0.15, 0.2) is 0 Å². The molecule has 96 valence electrons. The molecule has 2 rings (SSSR count). The molecule has 0 spiro atoms. The number of primary amides is 1. The molecule has 1 aromatic carbocycles. The lowest BCUT2D eigenvalue weighted by Crippen LogP contribution is -2.44. The number of carboxylic acids is 1. The first-order valence-electron chi connectivity index (χ1n) is 5.73. The van der Waals surface area contributed by atoms with E-state index in [0.29, 0.717) is 5.69 Å². The molecule has 0 radical (unpaired) electrons. The van der Waals surface area contributed by atoms with Crippen molar-refractivity contribution in [2.45, 2.75) is 0 Å². The van der Waals surface area contributed by atoms with Gasteiger partial charge in [-0.2, -0.15) is 0 Å². The zero-order valence-electron chi connectivity index (χ0n) is 9.85. The number of nitrogens with two attached hydrogens (primary N) is 1. The van der Waals surface area contributed by atoms with Gasteiger partial charge in [0.25, 0.3) is 5.91 Å². The van der Waals surface area contributed by atoms with Crippen molar-refractivity contribution in [3.63, 3.8) is 0 Å². The molecule has 1 aliphatic heterocycles. The van der Waals surface area contributed by atoms with Crippen LogP contribution in [0.1, 0.15) is 20.7 Å². The van der Waals surface area contributed by atoms with E-state index >= 15 is 0 Å². The van der Waals surface area contributed by atoms with Crippen LogP contribution in [-0.4, -0.2) is 43.2 Å². The summed E-state index contributed by atoms with van der Waals surface area (Å²) >= 11 is 0. The van der Waals surface area contributed by atoms with E-state index in [0.717, 1.165) is 26.2 Å². The number of amides is 1. The number of aromatic carboxylic acids is 1. The standard InChI is InChI=1S/C12H15N3O3/c13-11(16)10-8(12(17)18)2-1-3-9(10)15-6-4-14-5-7-15/h1-3,14H,4-7H2,(H2,13,16)(H,17,18). The van der Waals surface area contributed by atoms with Crippen molar-refractivity contribution in [3.05, 3.63) is 29.3 Å². The third-order valence-electron chi connectivity index (χ3n) is 2.98. The Labute approximate surface area is 104 Å². The minimum absolute atomic E-state index is 0.0430. The molecule has 0 unspecified atom stereocenters. The van der Waals surface area contributed by atoms with Crippen LogP contribution in [-0.2, 0) is 0 Å². The Morgan fingerprint density at radius 3 is 2.50 bits per heavy atom. The summed E-state index contributed by atoms with van der Waals surface area (Å²) in [6, 6.07) is 4.76. The molecule has 1 aliphatic rings. The number of carbonyl (C=O) groups excluding carboxylic acids is 1. The first-order valence-corrected chi connectivity index (χ1v) is 5.73. The highest BCUT2D eigenvalue weighted by Crippen LogP contribution is 2.24. The average Bonchev–Trinajstić information content (AvgIpc) is 2.38. The normalized spacial score (nSPS) is 15.4. The molecule has 0 atom stereocenters. The third-order valence-corrected chi connectivity index (χ3v) is 2.98. The minimum Gasteiger partial charge on any atom is -0.478 e. The predicted molar refractivity (Wildman–Crippen MR) is 67.0 cm³/mol. The Balaban J connectivity index is 2.48. The van der Waals surface area contributed by atoms with Crippen molar-refractivity contribution >= 4 is 17.6 Å². The molecule has 0 saturated carbocycles. The number of anilines is 1. The molecule has 1 saturated heterocycles. The van der Waals surface area contributed by atoms with Gasteiger partial charge >= 0.3 is 5.97 Å². The molecule has 1 fully saturated rings. The molecular weight excluding hydrogens is 234 g/mol. The maximum Gasteiger partial charge on any atom is 0.336 e. The molecule has 6 nitrogen and oxygen atoms in total. The monoisotopic (exact) mass is 249 g/mol. The van der Waals surface area contributed by atoms with Crippen LogP contribution in [0.5, 0.6) is 0 Å². The molecule has 1 heterocycles. The first-order chi connectivity index (χ1) is 8.61. The summed E-state index contributed by atoms with van der Waals surface area (Å²) in [5, 5.41) is 12.3. The second-order valence-electron chi connectivity index (χ2n) is 4.11. The summed E-state index contributed by atoms with van der Waals surface area (Å²) < 4.78 is 0. The number of hydrogen-bond acceptors (Lipinski definition) is 4. The molecule has 4 N–H and O–H groups in total. The number of piperazine rings is 1. The van der Waals surface area contributed by atoms with Crippen molar-refractivity contribution in [3.8, 4) is 0 Å². The van der Waals surface area contributed by atoms with E-state index in [-0.39, 0.29) is 11.1 Å². The Kier molecular flexibility index (Phi) is 3.47. The highest BCUT2D eigenvalue weighted by molar-refractivity contribution is 6.08. The SMILES string of the molecule is NC(=O)c1c(C(=O)O)cccc1N1CCNCC1. The van der Waals surface area contributed by atoms with E-state index in [1.54, 1.807) is 12.1 Å². The van der Waals surface area contributed by atoms with Gasteiger partial charge in [-0.15, -0.1) is 0 Å². The fourth-order valence-corrected chi connectivity index (χ4v) is 2.15. The quantitative estimate of drug-likeness (QED) is 0.695. The number of benzene rings is 1. The smallest absolute Gasteiger partial charge is 0.336 e. The van der Waals surface area contributed by atoms with Crippen LogP contribution in [0.4, 0.5) is 5.69 Å². The van der Waals surface area contributed by atoms with Gasteiger partial charge in [-0.1, -0.05) is 6.07 Å². The van der Waals surface area contributed by atoms with Crippen LogP contribution in [0.15, 0.2) is 18.2 Å². The molecule has 6 heteroatoms. The molecule has 1 amide bonds. The minimum atomic E-state index is -1.14. The first kappa shape index (κ1) is 12.4. The second-order valence-corrected chi connectivity index (χ2v) is 4.11. The Bertz CT molecular complexity index is 481. The molecular formula is C12H15N3O3. The van der Waals surface area contributed by atoms with Crippen molar-refractivity contribution in [2.24, 2.45) is 5.73 Å². The lowest BCUT2D eigenvalue weighted by Gasteiger charge is -2.31. The van der Waals surface area contributed by atoms with Crippen LogP contribution >= 0.6 is 0 Å². The van der Waals surface area contributed by atoms with E-state index in [2.05, 4.69) is 5.32 Å². The largest absolute Gasteiger partial charge is 0.478 e. The average molecular weight is 249 g/mol. The topological polar surface area (TPSA) is 95.7 Å². The van der Waals surface area contributed by atoms with Crippen LogP contribution < -0.4 is 16.0 Å². The number of carboxylic acid groups (broad SMARTS) is 1. The van der Waals surface area contributed by atoms with E-state index < -0.39 is 11.9 Å². The van der Waals surface area contributed by atoms with Gasteiger partial charge < -0.3 is 21.1 Å². The zero-order valence-corrected chi connectivity index (χ0v) is 9.85. The van der Waals surface area contributed by atoms with Gasteiger partial charge in [-0.05, 0) is 12.1 Å². The van der Waals surface area contributed by atoms with Crippen molar-refractivity contribution in [1.29, 1.82) is 0 Å². The fraction of sp³-hybridized carbons (Fsp3) is 0.333. The summed E-state index contributed by atoms with van der Waals surface area (Å²) in [7, 11) is 0. The van der Waals surface area contributed by atoms with Gasteiger partial charge in [0.2, 0.25) is 0 Å². The molecule has 0 aliphatic carbocycles. The van der Waals surface area contributed by atoms with Gasteiger partial charge in [-0.3, -0.25) is 4.79 Å². The van der Waals surface area contributed by atoms with Crippen LogP contribution in [0, 0.1) is 0 Å². The summed E-state index contributed by atoms with van der Waals surface area (Å²) in [4.78, 5) is 24.6. The van der Waals surface area contributed by atoms with Crippen molar-refractivity contribution in [1.82, 2.24) is 5.32 Å². The van der Waals surface area contributed by atoms with Gasteiger partial charge in [-0.25, -0.2) is 4.79 Å². The molecule has 1 aromatic rings. The number of hydrogen-bond donors (Lipinski definition) is 3. The summed E-state index contributed by atoms with van der Waals surface area (Å²) in [5.41, 5.74) is 5.96. The van der Waals surface area contributed by atoms with Crippen LogP contribution in [0.2, 0.25) is 0 Å². The Morgan fingerprint density at radius 1 is 1.28 bits per heavy atom. The predicted octanol–water partition coefficient (Wildman–Crippen LogP) is -0.107. The second kappa shape index (κ2) is 5.05. The van der Waals surface area contributed by atoms with Gasteiger partial charge in [0.1, 0.15) is 0 Å². The number of nitrogens with one attached hydrogen (secondary N) is 1. The Morgan fingerprint density at radius 2 is 1.94 bits per heavy atom. The maximum absolute atomic E-state index is 11.5. The summed E-state index contributed by atoms with van der Waals surface area (Å²) in [6.45, 7) is 3.05. The summed E-state index contributed by atoms with van der Waals surface area (Å²) in [5.74, 6) is -1.85. The lowest BCUT2D eigenvalue weighted by molar-refractivity contribution is 0.0692. The van der Waals surface area contributed by atoms with E-state index in [1.807, 2.05) is 4.90 Å². The number of nitrogens with zero attached hydrogens (tertiary/aromatic N) is 1. The third kappa shape index (κ3) is 2.28. The number of carbonyl (C=O) groups is 2. The molecule has 0 bridgehead atoms. The van der Waals surface area contributed by atoms with Gasteiger partial charge in [0.05, 0.1) is 16.8 Å². The number of rotatable bonds is 3. The lowest BCUT2D eigenvalue weighted by atomic mass is 10.0. The fourth-order valence-electron chi connectivity index (χ4n) is 2.15. The highest BCUT2D eigenvalue weighted by Gasteiger charge is 2.22. The zero-order chi connectivity index (χ0) is 13.1. The Hall–Kier alpha value is -2.08. The van der Waals surface area contributed by atoms with Crippen LogP contribution in [0.25, 0.3) is 0 Å². The van der Waals surface area contributed by atoms with Gasteiger partial charge in [0, 0.05) is 26.2 Å². The van der Waals surface area contributed by atoms with Crippen LogP contribution in [0.3, 0.4) is 0 Å². The molecule has 18 heavy (non-hydrogen) atoms.